The predicted molar refractivity (Wildman–Crippen MR) is 101 cm³/mol. The van der Waals surface area contributed by atoms with E-state index in [1.807, 2.05) is 36.2 Å². The molecule has 3 aromatic rings. The van der Waals surface area contributed by atoms with Gasteiger partial charge in [-0.05, 0) is 17.7 Å². The SMILES string of the molecule is COCc1ccccc1C#CCCN(C)c1ncnc2cc(F)c(F)cc12. The van der Waals surface area contributed by atoms with E-state index in [2.05, 4.69) is 21.8 Å². The molecule has 0 saturated heterocycles. The van der Waals surface area contributed by atoms with Crippen molar-refractivity contribution >= 4 is 16.7 Å². The molecule has 27 heavy (non-hydrogen) atoms. The van der Waals surface area contributed by atoms with Gasteiger partial charge in [-0.1, -0.05) is 30.0 Å². The number of aromatic nitrogens is 2. The summed E-state index contributed by atoms with van der Waals surface area (Å²) in [6.07, 6.45) is 1.94. The molecule has 138 valence electrons. The van der Waals surface area contributed by atoms with E-state index in [4.69, 9.17) is 4.74 Å². The van der Waals surface area contributed by atoms with E-state index < -0.39 is 11.6 Å². The molecule has 6 heteroatoms. The van der Waals surface area contributed by atoms with Crippen molar-refractivity contribution in [3.05, 3.63) is 65.5 Å². The highest BCUT2D eigenvalue weighted by Gasteiger charge is 2.12. The highest BCUT2D eigenvalue weighted by molar-refractivity contribution is 5.89. The standard InChI is InChI=1S/C21H19F2N3O/c1-26(10-6-5-8-15-7-3-4-9-16(15)13-27-2)21-17-11-18(22)19(23)12-20(17)24-14-25-21/h3-4,7,9,11-12,14H,6,10,13H2,1-2H3. The zero-order valence-corrected chi connectivity index (χ0v) is 15.2. The van der Waals surface area contributed by atoms with Gasteiger partial charge >= 0.3 is 0 Å². The minimum absolute atomic E-state index is 0.366. The molecule has 3 rings (SSSR count). The molecule has 0 fully saturated rings. The van der Waals surface area contributed by atoms with Crippen molar-refractivity contribution < 1.29 is 13.5 Å². The smallest absolute Gasteiger partial charge is 0.161 e. The van der Waals surface area contributed by atoms with Crippen molar-refractivity contribution in [2.75, 3.05) is 25.6 Å². The van der Waals surface area contributed by atoms with Crippen LogP contribution in [0, 0.1) is 23.5 Å². The summed E-state index contributed by atoms with van der Waals surface area (Å²) in [5.41, 5.74) is 2.34. The van der Waals surface area contributed by atoms with E-state index in [0.29, 0.717) is 36.3 Å². The molecule has 0 N–H and O–H groups in total. The van der Waals surface area contributed by atoms with Gasteiger partial charge in [0.2, 0.25) is 0 Å². The predicted octanol–water partition coefficient (Wildman–Crippen LogP) is 3.93. The number of fused-ring (bicyclic) bond motifs is 1. The number of benzene rings is 2. The Hall–Kier alpha value is -3.04. The lowest BCUT2D eigenvalue weighted by atomic mass is 10.1. The Morgan fingerprint density at radius 3 is 2.70 bits per heavy atom. The molecular formula is C21H19F2N3O. The maximum absolute atomic E-state index is 13.6. The second-order valence-corrected chi connectivity index (χ2v) is 6.04. The number of hydrogen-bond acceptors (Lipinski definition) is 4. The van der Waals surface area contributed by atoms with Crippen LogP contribution in [0.3, 0.4) is 0 Å². The van der Waals surface area contributed by atoms with Gasteiger partial charge in [-0.15, -0.1) is 0 Å². The highest BCUT2D eigenvalue weighted by Crippen LogP contribution is 2.24. The van der Waals surface area contributed by atoms with Gasteiger partial charge < -0.3 is 9.64 Å². The molecule has 0 bridgehead atoms. The molecule has 0 amide bonds. The van der Waals surface area contributed by atoms with E-state index in [9.17, 15) is 8.78 Å². The van der Waals surface area contributed by atoms with Crippen LogP contribution in [0.25, 0.3) is 10.9 Å². The molecule has 2 aromatic carbocycles. The Labute approximate surface area is 156 Å². The van der Waals surface area contributed by atoms with E-state index in [1.165, 1.54) is 6.33 Å². The van der Waals surface area contributed by atoms with Crippen molar-refractivity contribution in [1.29, 1.82) is 0 Å². The number of nitrogens with zero attached hydrogens (tertiary/aromatic N) is 3. The minimum atomic E-state index is -0.921. The summed E-state index contributed by atoms with van der Waals surface area (Å²) in [6.45, 7) is 1.10. The van der Waals surface area contributed by atoms with Crippen molar-refractivity contribution in [3.8, 4) is 11.8 Å². The molecule has 0 aliphatic carbocycles. The third kappa shape index (κ3) is 4.39. The van der Waals surface area contributed by atoms with Crippen molar-refractivity contribution in [2.24, 2.45) is 0 Å². The largest absolute Gasteiger partial charge is 0.380 e. The monoisotopic (exact) mass is 367 g/mol. The summed E-state index contributed by atoms with van der Waals surface area (Å²) >= 11 is 0. The molecule has 0 unspecified atom stereocenters. The molecule has 1 aromatic heterocycles. The summed E-state index contributed by atoms with van der Waals surface area (Å²) in [5.74, 6) is 5.01. The first-order valence-corrected chi connectivity index (χ1v) is 8.46. The van der Waals surface area contributed by atoms with Crippen LogP contribution in [-0.4, -0.2) is 30.7 Å². The molecule has 0 atom stereocenters. The summed E-state index contributed by atoms with van der Waals surface area (Å²) in [6, 6.07) is 10.0. The second kappa shape index (κ2) is 8.56. The van der Waals surface area contributed by atoms with Crippen LogP contribution in [0.2, 0.25) is 0 Å². The first-order chi connectivity index (χ1) is 13.1. The molecule has 0 aliphatic rings. The molecular weight excluding hydrogens is 348 g/mol. The van der Waals surface area contributed by atoms with Crippen molar-refractivity contribution in [1.82, 2.24) is 9.97 Å². The van der Waals surface area contributed by atoms with Gasteiger partial charge in [-0.2, -0.15) is 0 Å². The lowest BCUT2D eigenvalue weighted by molar-refractivity contribution is 0.184. The average Bonchev–Trinajstić information content (AvgIpc) is 2.67. The lowest BCUT2D eigenvalue weighted by Gasteiger charge is -2.18. The molecule has 1 heterocycles. The Morgan fingerprint density at radius 2 is 1.89 bits per heavy atom. The summed E-state index contributed by atoms with van der Waals surface area (Å²) < 4.78 is 32.2. The number of hydrogen-bond donors (Lipinski definition) is 0. The first-order valence-electron chi connectivity index (χ1n) is 8.46. The van der Waals surface area contributed by atoms with Crippen LogP contribution >= 0.6 is 0 Å². The Morgan fingerprint density at radius 1 is 1.11 bits per heavy atom. The van der Waals surface area contributed by atoms with Crippen LogP contribution in [-0.2, 0) is 11.3 Å². The van der Waals surface area contributed by atoms with E-state index in [-0.39, 0.29) is 0 Å². The third-order valence-electron chi connectivity index (χ3n) is 4.13. The van der Waals surface area contributed by atoms with Crippen LogP contribution in [0.5, 0.6) is 0 Å². The van der Waals surface area contributed by atoms with Crippen molar-refractivity contribution in [2.45, 2.75) is 13.0 Å². The quantitative estimate of drug-likeness (QED) is 0.641. The molecule has 0 saturated carbocycles. The van der Waals surface area contributed by atoms with Gasteiger partial charge in [0.1, 0.15) is 12.1 Å². The number of ether oxygens (including phenoxy) is 1. The van der Waals surface area contributed by atoms with Gasteiger partial charge in [0, 0.05) is 44.1 Å². The van der Waals surface area contributed by atoms with E-state index >= 15 is 0 Å². The Kier molecular flexibility index (Phi) is 5.94. The van der Waals surface area contributed by atoms with Crippen LogP contribution < -0.4 is 4.90 Å². The van der Waals surface area contributed by atoms with Gasteiger partial charge in [-0.25, -0.2) is 18.7 Å². The van der Waals surface area contributed by atoms with Gasteiger partial charge in [0.05, 0.1) is 12.1 Å². The maximum atomic E-state index is 13.6. The number of anilines is 1. The normalized spacial score (nSPS) is 10.5. The number of rotatable bonds is 5. The molecule has 4 nitrogen and oxygen atoms in total. The molecule has 0 spiro atoms. The van der Waals surface area contributed by atoms with Crippen molar-refractivity contribution in [3.63, 3.8) is 0 Å². The van der Waals surface area contributed by atoms with Crippen LogP contribution in [0.15, 0.2) is 42.7 Å². The number of halogens is 2. The van der Waals surface area contributed by atoms with Gasteiger partial charge in [0.25, 0.3) is 0 Å². The van der Waals surface area contributed by atoms with Gasteiger partial charge in [0.15, 0.2) is 11.6 Å². The van der Waals surface area contributed by atoms with E-state index in [1.54, 1.807) is 7.11 Å². The minimum Gasteiger partial charge on any atom is -0.380 e. The van der Waals surface area contributed by atoms with Gasteiger partial charge in [-0.3, -0.25) is 0 Å². The summed E-state index contributed by atoms with van der Waals surface area (Å²) in [4.78, 5) is 10.1. The first kappa shape index (κ1) is 18.7. The molecule has 0 radical (unpaired) electrons. The lowest BCUT2D eigenvalue weighted by Crippen LogP contribution is -2.20. The topological polar surface area (TPSA) is 38.2 Å². The zero-order chi connectivity index (χ0) is 19.2. The van der Waals surface area contributed by atoms with Crippen LogP contribution in [0.4, 0.5) is 14.6 Å². The van der Waals surface area contributed by atoms with Crippen LogP contribution in [0.1, 0.15) is 17.5 Å². The zero-order valence-electron chi connectivity index (χ0n) is 15.2. The number of methoxy groups -OCH3 is 1. The fourth-order valence-electron chi connectivity index (χ4n) is 2.75. The third-order valence-corrected chi connectivity index (χ3v) is 4.13. The highest BCUT2D eigenvalue weighted by atomic mass is 19.2. The summed E-state index contributed by atoms with van der Waals surface area (Å²) in [5, 5.41) is 0.470. The van der Waals surface area contributed by atoms with E-state index in [0.717, 1.165) is 23.3 Å². The summed E-state index contributed by atoms with van der Waals surface area (Å²) in [7, 11) is 3.49. The Bertz CT molecular complexity index is 1010. The fraction of sp³-hybridized carbons (Fsp3) is 0.238. The molecule has 0 aliphatic heterocycles. The average molecular weight is 367 g/mol. The second-order valence-electron chi connectivity index (χ2n) is 6.04. The fourth-order valence-corrected chi connectivity index (χ4v) is 2.75. The maximum Gasteiger partial charge on any atom is 0.161 e. The Balaban J connectivity index is 1.74.